The number of carboxylic acids is 1. The van der Waals surface area contributed by atoms with Crippen LogP contribution < -0.4 is 4.74 Å². The topological polar surface area (TPSA) is 92.5 Å². The molecule has 0 aromatic carbocycles. The van der Waals surface area contributed by atoms with E-state index in [1.165, 1.54) is 14.0 Å². The highest BCUT2D eigenvalue weighted by molar-refractivity contribution is 6.03. The van der Waals surface area contributed by atoms with E-state index in [1.807, 2.05) is 0 Å². The number of carboxylic acid groups (broad SMARTS) is 1. The summed E-state index contributed by atoms with van der Waals surface area (Å²) in [5.74, 6) is -1.35. The third kappa shape index (κ3) is 1.73. The van der Waals surface area contributed by atoms with Gasteiger partial charge in [0.15, 0.2) is 5.75 Å². The zero-order valence-corrected chi connectivity index (χ0v) is 9.26. The normalized spacial score (nSPS) is 10.5. The van der Waals surface area contributed by atoms with Gasteiger partial charge in [0.1, 0.15) is 11.1 Å². The lowest BCUT2D eigenvalue weighted by molar-refractivity contribution is 0.0695. The van der Waals surface area contributed by atoms with E-state index in [0.29, 0.717) is 5.52 Å². The van der Waals surface area contributed by atoms with Gasteiger partial charge in [-0.05, 0) is 13.0 Å². The number of pyridine rings is 2. The SMILES string of the molecule is COc1ccc2nc(C)c(O)c(C(=O)O)c2n1. The number of fused-ring (bicyclic) bond motifs is 1. The fraction of sp³-hybridized carbons (Fsp3) is 0.182. The molecule has 0 aliphatic heterocycles. The van der Waals surface area contributed by atoms with Crippen molar-refractivity contribution in [1.82, 2.24) is 9.97 Å². The Morgan fingerprint density at radius 3 is 2.65 bits per heavy atom. The highest BCUT2D eigenvalue weighted by Crippen LogP contribution is 2.28. The number of nitrogens with zero attached hydrogens (tertiary/aromatic N) is 2. The molecule has 0 fully saturated rings. The molecule has 2 heterocycles. The van der Waals surface area contributed by atoms with Gasteiger partial charge in [-0.1, -0.05) is 0 Å². The minimum Gasteiger partial charge on any atom is -0.505 e. The van der Waals surface area contributed by atoms with Gasteiger partial charge >= 0.3 is 5.97 Å². The minimum atomic E-state index is -1.25. The number of aryl methyl sites for hydroxylation is 1. The van der Waals surface area contributed by atoms with E-state index in [-0.39, 0.29) is 28.4 Å². The molecule has 0 amide bonds. The Kier molecular flexibility index (Phi) is 2.55. The van der Waals surface area contributed by atoms with Gasteiger partial charge in [-0.2, -0.15) is 0 Å². The molecule has 88 valence electrons. The van der Waals surface area contributed by atoms with Crippen molar-refractivity contribution >= 4 is 17.0 Å². The van der Waals surface area contributed by atoms with Gasteiger partial charge < -0.3 is 14.9 Å². The summed E-state index contributed by atoms with van der Waals surface area (Å²) < 4.78 is 4.91. The molecule has 0 radical (unpaired) electrons. The first-order valence-electron chi connectivity index (χ1n) is 4.82. The first-order valence-corrected chi connectivity index (χ1v) is 4.82. The molecule has 0 unspecified atom stereocenters. The van der Waals surface area contributed by atoms with Crippen molar-refractivity contribution in [3.63, 3.8) is 0 Å². The number of carbonyl (C=O) groups is 1. The van der Waals surface area contributed by atoms with E-state index < -0.39 is 5.97 Å². The van der Waals surface area contributed by atoms with E-state index in [2.05, 4.69) is 9.97 Å². The van der Waals surface area contributed by atoms with Crippen molar-refractivity contribution in [2.45, 2.75) is 6.92 Å². The summed E-state index contributed by atoms with van der Waals surface area (Å²) in [6.07, 6.45) is 0. The van der Waals surface area contributed by atoms with Crippen LogP contribution in [-0.2, 0) is 0 Å². The van der Waals surface area contributed by atoms with Crippen LogP contribution in [0.25, 0.3) is 11.0 Å². The average molecular weight is 234 g/mol. The van der Waals surface area contributed by atoms with Crippen molar-refractivity contribution in [2.24, 2.45) is 0 Å². The lowest BCUT2D eigenvalue weighted by Crippen LogP contribution is -2.03. The molecule has 2 rings (SSSR count). The third-order valence-electron chi connectivity index (χ3n) is 2.38. The summed E-state index contributed by atoms with van der Waals surface area (Å²) in [6, 6.07) is 3.18. The molecule has 0 atom stereocenters. The number of aromatic nitrogens is 2. The largest absolute Gasteiger partial charge is 0.505 e. The molecule has 2 aromatic rings. The number of ether oxygens (including phenoxy) is 1. The number of hydrogen-bond acceptors (Lipinski definition) is 5. The molecular weight excluding hydrogens is 224 g/mol. The van der Waals surface area contributed by atoms with Crippen LogP contribution in [0.5, 0.6) is 11.6 Å². The van der Waals surface area contributed by atoms with E-state index in [1.54, 1.807) is 12.1 Å². The summed E-state index contributed by atoms with van der Waals surface area (Å²) in [7, 11) is 1.43. The average Bonchev–Trinajstić information content (AvgIpc) is 2.29. The molecule has 6 nitrogen and oxygen atoms in total. The lowest BCUT2D eigenvalue weighted by Gasteiger charge is -2.07. The maximum Gasteiger partial charge on any atom is 0.341 e. The number of hydrogen-bond donors (Lipinski definition) is 2. The summed E-state index contributed by atoms with van der Waals surface area (Å²) in [4.78, 5) is 19.2. The maximum atomic E-state index is 11.1. The number of methoxy groups -OCH3 is 1. The Bertz CT molecular complexity index is 610. The molecule has 0 saturated carbocycles. The van der Waals surface area contributed by atoms with Crippen molar-refractivity contribution < 1.29 is 19.7 Å². The van der Waals surface area contributed by atoms with E-state index in [0.717, 1.165) is 0 Å². The molecule has 17 heavy (non-hydrogen) atoms. The Balaban J connectivity index is 2.89. The minimum absolute atomic E-state index is 0.111. The fourth-order valence-corrected chi connectivity index (χ4v) is 1.55. The molecule has 0 aliphatic carbocycles. The predicted octanol–water partition coefficient (Wildman–Crippen LogP) is 1.35. The van der Waals surface area contributed by atoms with Crippen LogP contribution in [0.15, 0.2) is 12.1 Å². The molecule has 0 bridgehead atoms. The number of aromatic carboxylic acids is 1. The van der Waals surface area contributed by atoms with Gasteiger partial charge in [0.05, 0.1) is 18.3 Å². The molecule has 0 spiro atoms. The van der Waals surface area contributed by atoms with Crippen LogP contribution >= 0.6 is 0 Å². The van der Waals surface area contributed by atoms with Crippen molar-refractivity contribution in [3.8, 4) is 11.6 Å². The Morgan fingerprint density at radius 2 is 2.06 bits per heavy atom. The van der Waals surface area contributed by atoms with Gasteiger partial charge in [-0.25, -0.2) is 14.8 Å². The second kappa shape index (κ2) is 3.89. The number of rotatable bonds is 2. The van der Waals surface area contributed by atoms with Crippen LogP contribution in [-0.4, -0.2) is 33.3 Å². The van der Waals surface area contributed by atoms with Crippen LogP contribution in [0, 0.1) is 6.92 Å². The molecule has 0 aliphatic rings. The summed E-state index contributed by atoms with van der Waals surface area (Å²) in [6.45, 7) is 1.53. The molecule has 2 N–H and O–H groups in total. The first-order chi connectivity index (χ1) is 8.04. The second-order valence-electron chi connectivity index (χ2n) is 3.45. The lowest BCUT2D eigenvalue weighted by atomic mass is 10.1. The zero-order valence-electron chi connectivity index (χ0n) is 9.26. The molecule has 6 heteroatoms. The van der Waals surface area contributed by atoms with E-state index >= 15 is 0 Å². The first kappa shape index (κ1) is 11.1. The van der Waals surface area contributed by atoms with Crippen LogP contribution in [0.3, 0.4) is 0 Å². The van der Waals surface area contributed by atoms with Gasteiger partial charge in [0.2, 0.25) is 5.88 Å². The van der Waals surface area contributed by atoms with E-state index in [4.69, 9.17) is 9.84 Å². The van der Waals surface area contributed by atoms with Gasteiger partial charge in [0.25, 0.3) is 0 Å². The quantitative estimate of drug-likeness (QED) is 0.814. The Hall–Kier alpha value is -2.37. The summed E-state index contributed by atoms with van der Waals surface area (Å²) in [5, 5.41) is 18.8. The Morgan fingerprint density at radius 1 is 1.35 bits per heavy atom. The molecular formula is C11H10N2O4. The third-order valence-corrected chi connectivity index (χ3v) is 2.38. The van der Waals surface area contributed by atoms with Crippen LogP contribution in [0.2, 0.25) is 0 Å². The summed E-state index contributed by atoms with van der Waals surface area (Å²) in [5.41, 5.74) is 0.506. The molecule has 0 saturated heterocycles. The summed E-state index contributed by atoms with van der Waals surface area (Å²) >= 11 is 0. The van der Waals surface area contributed by atoms with Gasteiger partial charge in [0, 0.05) is 6.07 Å². The maximum absolute atomic E-state index is 11.1. The standard InChI is InChI=1S/C11H10N2O4/c1-5-10(14)8(11(15)16)9-6(12-5)3-4-7(13-9)17-2/h3-4,14H,1-2H3,(H,15,16). The monoisotopic (exact) mass is 234 g/mol. The van der Waals surface area contributed by atoms with Crippen LogP contribution in [0.1, 0.15) is 16.1 Å². The Labute approximate surface area is 96.5 Å². The smallest absolute Gasteiger partial charge is 0.341 e. The highest BCUT2D eigenvalue weighted by atomic mass is 16.5. The highest BCUT2D eigenvalue weighted by Gasteiger charge is 2.19. The van der Waals surface area contributed by atoms with Crippen molar-refractivity contribution in [2.75, 3.05) is 7.11 Å². The molecule has 2 aromatic heterocycles. The van der Waals surface area contributed by atoms with Gasteiger partial charge in [-0.3, -0.25) is 0 Å². The van der Waals surface area contributed by atoms with Crippen LogP contribution in [0.4, 0.5) is 0 Å². The second-order valence-corrected chi connectivity index (χ2v) is 3.45. The van der Waals surface area contributed by atoms with Crippen molar-refractivity contribution in [1.29, 1.82) is 0 Å². The number of aromatic hydroxyl groups is 1. The van der Waals surface area contributed by atoms with Gasteiger partial charge in [-0.15, -0.1) is 0 Å². The van der Waals surface area contributed by atoms with Crippen molar-refractivity contribution in [3.05, 3.63) is 23.4 Å². The zero-order chi connectivity index (χ0) is 12.6. The fourth-order valence-electron chi connectivity index (χ4n) is 1.55. The predicted molar refractivity (Wildman–Crippen MR) is 59.5 cm³/mol. The van der Waals surface area contributed by atoms with E-state index in [9.17, 15) is 9.90 Å².